The number of halogens is 4. The number of sulfonamides is 1. The molecule has 0 unspecified atom stereocenters. The summed E-state index contributed by atoms with van der Waals surface area (Å²) >= 11 is 5.89. The standard InChI is InChI=1S/C15H20ClF3N2O3S/c1-5-14(2,3)20-13(22)9-21(25(4,23)24)12-8-10(15(17,18)19)6-7-11(12)16/h6-8H,5,9H2,1-4H3,(H,20,22). The normalized spacial score (nSPS) is 12.8. The molecule has 1 aromatic rings. The summed E-state index contributed by atoms with van der Waals surface area (Å²) in [6.07, 6.45) is -3.29. The van der Waals surface area contributed by atoms with Gasteiger partial charge in [-0.2, -0.15) is 13.2 Å². The molecular formula is C15H20ClF3N2O3S. The van der Waals surface area contributed by atoms with Crippen molar-refractivity contribution in [1.82, 2.24) is 5.32 Å². The highest BCUT2D eigenvalue weighted by molar-refractivity contribution is 7.92. The number of benzene rings is 1. The zero-order chi connectivity index (χ0) is 19.6. The van der Waals surface area contributed by atoms with Crippen LogP contribution in [0, 0.1) is 0 Å². The van der Waals surface area contributed by atoms with Crippen LogP contribution in [0.25, 0.3) is 0 Å². The molecular weight excluding hydrogens is 381 g/mol. The third-order valence-corrected chi connectivity index (χ3v) is 5.04. The van der Waals surface area contributed by atoms with Crippen molar-refractivity contribution in [3.8, 4) is 0 Å². The maximum atomic E-state index is 12.9. The van der Waals surface area contributed by atoms with E-state index >= 15 is 0 Å². The molecule has 142 valence electrons. The summed E-state index contributed by atoms with van der Waals surface area (Å²) in [5, 5.41) is 2.42. The highest BCUT2D eigenvalue weighted by Crippen LogP contribution is 2.36. The Morgan fingerprint density at radius 2 is 1.84 bits per heavy atom. The average molecular weight is 401 g/mol. The molecule has 0 saturated heterocycles. The topological polar surface area (TPSA) is 66.5 Å². The zero-order valence-electron chi connectivity index (χ0n) is 14.2. The molecule has 5 nitrogen and oxygen atoms in total. The van der Waals surface area contributed by atoms with E-state index < -0.39 is 45.4 Å². The number of hydrogen-bond donors (Lipinski definition) is 1. The Bertz CT molecular complexity index is 749. The first kappa shape index (κ1) is 21.6. The first-order chi connectivity index (χ1) is 11.2. The molecule has 0 fully saturated rings. The van der Waals surface area contributed by atoms with E-state index in [1.165, 1.54) is 0 Å². The predicted octanol–water partition coefficient (Wildman–Crippen LogP) is 3.43. The van der Waals surface area contributed by atoms with Gasteiger partial charge in [-0.25, -0.2) is 8.42 Å². The fourth-order valence-corrected chi connectivity index (χ4v) is 3.03. The first-order valence-corrected chi connectivity index (χ1v) is 9.55. The van der Waals surface area contributed by atoms with Crippen LogP contribution in [0.1, 0.15) is 32.8 Å². The number of nitrogens with zero attached hydrogens (tertiary/aromatic N) is 1. The molecule has 1 aromatic carbocycles. The minimum atomic E-state index is -4.67. The number of nitrogens with one attached hydrogen (secondary N) is 1. The molecule has 0 aromatic heterocycles. The van der Waals surface area contributed by atoms with E-state index in [2.05, 4.69) is 5.32 Å². The Morgan fingerprint density at radius 3 is 2.28 bits per heavy atom. The molecule has 0 radical (unpaired) electrons. The van der Waals surface area contributed by atoms with E-state index in [9.17, 15) is 26.4 Å². The lowest BCUT2D eigenvalue weighted by atomic mass is 10.0. The predicted molar refractivity (Wildman–Crippen MR) is 91.2 cm³/mol. The van der Waals surface area contributed by atoms with Crippen LogP contribution in [0.5, 0.6) is 0 Å². The van der Waals surface area contributed by atoms with E-state index in [1.54, 1.807) is 13.8 Å². The summed E-state index contributed by atoms with van der Waals surface area (Å²) in [4.78, 5) is 12.2. The van der Waals surface area contributed by atoms with E-state index in [-0.39, 0.29) is 5.02 Å². The number of anilines is 1. The molecule has 0 aliphatic carbocycles. The van der Waals surface area contributed by atoms with Crippen LogP contribution in [0.3, 0.4) is 0 Å². The minimum Gasteiger partial charge on any atom is -0.350 e. The summed E-state index contributed by atoms with van der Waals surface area (Å²) in [5.41, 5.74) is -2.05. The van der Waals surface area contributed by atoms with Gasteiger partial charge in [0, 0.05) is 5.54 Å². The Labute approximate surface area is 150 Å². The number of carbonyl (C=O) groups excluding carboxylic acids is 1. The van der Waals surface area contributed by atoms with Crippen LogP contribution in [-0.2, 0) is 21.0 Å². The van der Waals surface area contributed by atoms with Gasteiger partial charge in [0.2, 0.25) is 15.9 Å². The summed E-state index contributed by atoms with van der Waals surface area (Å²) < 4.78 is 63.3. The van der Waals surface area contributed by atoms with E-state index in [4.69, 9.17) is 11.6 Å². The number of rotatable bonds is 6. The zero-order valence-corrected chi connectivity index (χ0v) is 15.8. The summed E-state index contributed by atoms with van der Waals surface area (Å²) in [7, 11) is -4.04. The van der Waals surface area contributed by atoms with Gasteiger partial charge < -0.3 is 5.32 Å². The van der Waals surface area contributed by atoms with Gasteiger partial charge in [-0.15, -0.1) is 0 Å². The third-order valence-electron chi connectivity index (χ3n) is 3.59. The maximum absolute atomic E-state index is 12.9. The van der Waals surface area contributed by atoms with Crippen molar-refractivity contribution in [2.45, 2.75) is 38.9 Å². The third kappa shape index (κ3) is 6.07. The highest BCUT2D eigenvalue weighted by Gasteiger charge is 2.33. The van der Waals surface area contributed by atoms with Gasteiger partial charge in [0.05, 0.1) is 22.5 Å². The van der Waals surface area contributed by atoms with Crippen LogP contribution < -0.4 is 9.62 Å². The Balaban J connectivity index is 3.28. The van der Waals surface area contributed by atoms with Crippen molar-refractivity contribution < 1.29 is 26.4 Å². The van der Waals surface area contributed by atoms with Gasteiger partial charge in [-0.1, -0.05) is 18.5 Å². The second-order valence-electron chi connectivity index (χ2n) is 6.22. The molecule has 0 atom stereocenters. The van der Waals surface area contributed by atoms with E-state index in [1.807, 2.05) is 6.92 Å². The molecule has 0 aliphatic heterocycles. The van der Waals surface area contributed by atoms with Crippen molar-refractivity contribution in [1.29, 1.82) is 0 Å². The summed E-state index contributed by atoms with van der Waals surface area (Å²) in [6.45, 7) is 4.64. The smallest absolute Gasteiger partial charge is 0.350 e. The number of alkyl halides is 3. The van der Waals surface area contributed by atoms with Crippen molar-refractivity contribution in [3.63, 3.8) is 0 Å². The molecule has 1 N–H and O–H groups in total. The van der Waals surface area contributed by atoms with Gasteiger partial charge in [0.25, 0.3) is 0 Å². The lowest BCUT2D eigenvalue weighted by Crippen LogP contribution is -2.48. The number of hydrogen-bond acceptors (Lipinski definition) is 3. The monoisotopic (exact) mass is 400 g/mol. The van der Waals surface area contributed by atoms with Crippen LogP contribution in [0.4, 0.5) is 18.9 Å². The number of amides is 1. The lowest BCUT2D eigenvalue weighted by Gasteiger charge is -2.28. The molecule has 1 rings (SSSR count). The van der Waals surface area contributed by atoms with Crippen LogP contribution in [0.15, 0.2) is 18.2 Å². The largest absolute Gasteiger partial charge is 0.416 e. The SMILES string of the molecule is CCC(C)(C)NC(=O)CN(c1cc(C(F)(F)F)ccc1Cl)S(C)(=O)=O. The highest BCUT2D eigenvalue weighted by atomic mass is 35.5. The molecule has 0 spiro atoms. The van der Waals surface area contributed by atoms with Gasteiger partial charge in [-0.3, -0.25) is 9.10 Å². The van der Waals surface area contributed by atoms with Crippen molar-refractivity contribution in [3.05, 3.63) is 28.8 Å². The van der Waals surface area contributed by atoms with Crippen molar-refractivity contribution in [2.24, 2.45) is 0 Å². The Hall–Kier alpha value is -1.48. The molecule has 0 bridgehead atoms. The fraction of sp³-hybridized carbons (Fsp3) is 0.533. The molecule has 10 heteroatoms. The quantitative estimate of drug-likeness (QED) is 0.795. The van der Waals surface area contributed by atoms with E-state index in [0.29, 0.717) is 16.8 Å². The minimum absolute atomic E-state index is 0.207. The van der Waals surface area contributed by atoms with Crippen molar-refractivity contribution >= 4 is 33.2 Å². The van der Waals surface area contributed by atoms with Gasteiger partial charge in [0.1, 0.15) is 6.54 Å². The molecule has 0 heterocycles. The fourth-order valence-electron chi connectivity index (χ4n) is 1.90. The van der Waals surface area contributed by atoms with E-state index in [0.717, 1.165) is 18.4 Å². The summed E-state index contributed by atoms with van der Waals surface area (Å²) in [5.74, 6) is -0.647. The second-order valence-corrected chi connectivity index (χ2v) is 8.53. The van der Waals surface area contributed by atoms with Crippen LogP contribution in [-0.4, -0.2) is 32.7 Å². The number of carbonyl (C=O) groups is 1. The van der Waals surface area contributed by atoms with Gasteiger partial charge >= 0.3 is 6.18 Å². The van der Waals surface area contributed by atoms with Crippen molar-refractivity contribution in [2.75, 3.05) is 17.1 Å². The van der Waals surface area contributed by atoms with Crippen LogP contribution >= 0.6 is 11.6 Å². The van der Waals surface area contributed by atoms with Gasteiger partial charge in [-0.05, 0) is 38.5 Å². The lowest BCUT2D eigenvalue weighted by molar-refractivity contribution is -0.137. The molecule has 1 amide bonds. The molecule has 0 aliphatic rings. The van der Waals surface area contributed by atoms with Crippen LogP contribution in [0.2, 0.25) is 5.02 Å². The molecule has 25 heavy (non-hydrogen) atoms. The average Bonchev–Trinajstić information content (AvgIpc) is 2.42. The Morgan fingerprint density at radius 1 is 1.28 bits per heavy atom. The second kappa shape index (κ2) is 7.41. The summed E-state index contributed by atoms with van der Waals surface area (Å²) in [6, 6.07) is 2.31. The first-order valence-electron chi connectivity index (χ1n) is 7.33. The Kier molecular flexibility index (Phi) is 6.39. The van der Waals surface area contributed by atoms with Gasteiger partial charge in [0.15, 0.2) is 0 Å². The maximum Gasteiger partial charge on any atom is 0.416 e. The molecule has 0 saturated carbocycles.